The number of ether oxygens (including phenoxy) is 2. The molecule has 0 aromatic carbocycles. The predicted octanol–water partition coefficient (Wildman–Crippen LogP) is 2.20. The molecule has 2 unspecified atom stereocenters. The summed E-state index contributed by atoms with van der Waals surface area (Å²) in [6.45, 7) is 1.82. The second-order valence-electron chi connectivity index (χ2n) is 6.07. The highest BCUT2D eigenvalue weighted by molar-refractivity contribution is 6.99. The van der Waals surface area contributed by atoms with Crippen LogP contribution in [0.4, 0.5) is 0 Å². The van der Waals surface area contributed by atoms with E-state index in [0.29, 0.717) is 17.7 Å². The highest BCUT2D eigenvalue weighted by Crippen LogP contribution is 2.42. The third-order valence-corrected chi connectivity index (χ3v) is 5.19. The zero-order valence-corrected chi connectivity index (χ0v) is 11.7. The number of nitrogens with zero attached hydrogens (tertiary/aromatic N) is 2. The maximum Gasteiger partial charge on any atom is 0.292 e. The van der Waals surface area contributed by atoms with E-state index in [1.807, 2.05) is 0 Å². The van der Waals surface area contributed by atoms with E-state index < -0.39 is 0 Å². The minimum Gasteiger partial charge on any atom is -0.473 e. The highest BCUT2D eigenvalue weighted by atomic mass is 32.1. The van der Waals surface area contributed by atoms with Gasteiger partial charge in [-0.25, -0.2) is 0 Å². The summed E-state index contributed by atoms with van der Waals surface area (Å²) in [6, 6.07) is 0. The summed E-state index contributed by atoms with van der Waals surface area (Å²) < 4.78 is 20.4. The number of piperidine rings is 1. The Morgan fingerprint density at radius 1 is 1.26 bits per heavy atom. The maximum atomic E-state index is 6.11. The number of hydrogen-bond acceptors (Lipinski definition) is 6. The lowest BCUT2D eigenvalue weighted by Crippen LogP contribution is -2.45. The third kappa shape index (κ3) is 2.21. The maximum absolute atomic E-state index is 6.11. The van der Waals surface area contributed by atoms with Gasteiger partial charge in [-0.05, 0) is 31.1 Å². The topological polar surface area (TPSA) is 56.3 Å². The minimum atomic E-state index is -0.199. The van der Waals surface area contributed by atoms with Gasteiger partial charge in [0.2, 0.25) is 0 Å². The van der Waals surface area contributed by atoms with Crippen LogP contribution in [0.15, 0.2) is 0 Å². The van der Waals surface area contributed by atoms with Crippen molar-refractivity contribution in [1.82, 2.24) is 14.1 Å². The molecular formula is C13H19N3O2S. The van der Waals surface area contributed by atoms with Crippen molar-refractivity contribution in [1.29, 1.82) is 0 Å². The third-order valence-electron chi connectivity index (χ3n) is 4.69. The number of aromatic nitrogens is 2. The highest BCUT2D eigenvalue weighted by Gasteiger charge is 2.47. The van der Waals surface area contributed by atoms with Gasteiger partial charge in [0.15, 0.2) is 5.72 Å². The first-order chi connectivity index (χ1) is 9.33. The van der Waals surface area contributed by atoms with E-state index in [1.165, 1.54) is 37.4 Å². The summed E-state index contributed by atoms with van der Waals surface area (Å²) >= 11 is 1.17. The molecule has 1 saturated heterocycles. The Balaban J connectivity index is 1.41. The van der Waals surface area contributed by atoms with Crippen molar-refractivity contribution in [3.63, 3.8) is 0 Å². The van der Waals surface area contributed by atoms with Crippen LogP contribution in [-0.4, -0.2) is 27.6 Å². The first-order valence-electron chi connectivity index (χ1n) is 7.22. The molecule has 3 aliphatic rings. The zero-order chi connectivity index (χ0) is 12.7. The molecule has 6 heteroatoms. The van der Waals surface area contributed by atoms with Gasteiger partial charge in [0.25, 0.3) is 11.8 Å². The summed E-state index contributed by atoms with van der Waals surface area (Å²) in [5.41, 5.74) is -0.199. The summed E-state index contributed by atoms with van der Waals surface area (Å²) in [7, 11) is 0. The number of rotatable bonds is 5. The molecular weight excluding hydrogens is 262 g/mol. The zero-order valence-electron chi connectivity index (χ0n) is 10.9. The van der Waals surface area contributed by atoms with Gasteiger partial charge in [-0.3, -0.25) is 5.32 Å². The van der Waals surface area contributed by atoms with Gasteiger partial charge in [-0.15, -0.1) is 8.75 Å². The standard InChI is InChI=1S/C13H19N3O2S/c1-2-9(3-1)8-17-11-12(16-19-15-11)18-13-5-4-10(6-13)7-14-13/h9-10,14H,1-8H2. The molecule has 1 N–H and O–H groups in total. The summed E-state index contributed by atoms with van der Waals surface area (Å²) in [4.78, 5) is 0. The molecule has 1 aromatic heterocycles. The van der Waals surface area contributed by atoms with Crippen molar-refractivity contribution < 1.29 is 9.47 Å². The van der Waals surface area contributed by atoms with E-state index in [2.05, 4.69) is 14.1 Å². The molecule has 1 aromatic rings. The minimum absolute atomic E-state index is 0.199. The normalized spacial score (nSPS) is 33.4. The average Bonchev–Trinajstić information content (AvgIpc) is 3.04. The molecule has 2 bridgehead atoms. The smallest absolute Gasteiger partial charge is 0.292 e. The largest absolute Gasteiger partial charge is 0.473 e. The molecule has 0 spiro atoms. The Kier molecular flexibility index (Phi) is 2.88. The van der Waals surface area contributed by atoms with E-state index in [-0.39, 0.29) is 5.72 Å². The molecule has 3 fully saturated rings. The lowest BCUT2D eigenvalue weighted by Gasteiger charge is -2.28. The van der Waals surface area contributed by atoms with Crippen molar-refractivity contribution in [2.24, 2.45) is 11.8 Å². The molecule has 2 heterocycles. The summed E-state index contributed by atoms with van der Waals surface area (Å²) in [6.07, 6.45) is 7.30. The Bertz CT molecular complexity index is 452. The fourth-order valence-electron chi connectivity index (χ4n) is 3.27. The molecule has 5 nitrogen and oxygen atoms in total. The van der Waals surface area contributed by atoms with Crippen molar-refractivity contribution in [2.75, 3.05) is 13.2 Å². The Labute approximate surface area is 117 Å². The fourth-order valence-corrected chi connectivity index (χ4v) is 3.70. The van der Waals surface area contributed by atoms with E-state index >= 15 is 0 Å². The number of nitrogens with one attached hydrogen (secondary N) is 1. The first-order valence-corrected chi connectivity index (χ1v) is 7.95. The quantitative estimate of drug-likeness (QED) is 0.896. The molecule has 104 valence electrons. The van der Waals surface area contributed by atoms with Crippen LogP contribution in [0.3, 0.4) is 0 Å². The van der Waals surface area contributed by atoms with Crippen LogP contribution < -0.4 is 14.8 Å². The molecule has 2 aliphatic carbocycles. The molecule has 2 saturated carbocycles. The van der Waals surface area contributed by atoms with E-state index in [4.69, 9.17) is 9.47 Å². The second kappa shape index (κ2) is 4.59. The van der Waals surface area contributed by atoms with Crippen LogP contribution >= 0.6 is 11.7 Å². The van der Waals surface area contributed by atoms with Gasteiger partial charge >= 0.3 is 0 Å². The number of hydrogen-bond donors (Lipinski definition) is 1. The summed E-state index contributed by atoms with van der Waals surface area (Å²) in [5, 5.41) is 3.48. The SMILES string of the molecule is C1CC(COc2nsnc2OC23CCC(CN2)C3)C1. The van der Waals surface area contributed by atoms with E-state index in [0.717, 1.165) is 31.9 Å². The van der Waals surface area contributed by atoms with Crippen LogP contribution in [0.25, 0.3) is 0 Å². The van der Waals surface area contributed by atoms with Crippen molar-refractivity contribution >= 4 is 11.7 Å². The molecule has 2 atom stereocenters. The summed E-state index contributed by atoms with van der Waals surface area (Å²) in [5.74, 6) is 2.64. The molecule has 1 aliphatic heterocycles. The van der Waals surface area contributed by atoms with Crippen LogP contribution in [-0.2, 0) is 0 Å². The fraction of sp³-hybridized carbons (Fsp3) is 0.846. The van der Waals surface area contributed by atoms with Gasteiger partial charge in [-0.2, -0.15) is 0 Å². The van der Waals surface area contributed by atoms with Crippen LogP contribution in [0.1, 0.15) is 38.5 Å². The van der Waals surface area contributed by atoms with Gasteiger partial charge < -0.3 is 9.47 Å². The van der Waals surface area contributed by atoms with Crippen LogP contribution in [0.5, 0.6) is 11.8 Å². The molecule has 19 heavy (non-hydrogen) atoms. The lowest BCUT2D eigenvalue weighted by atomic mass is 9.86. The molecule has 4 rings (SSSR count). The van der Waals surface area contributed by atoms with E-state index in [9.17, 15) is 0 Å². The van der Waals surface area contributed by atoms with Crippen molar-refractivity contribution in [3.8, 4) is 11.8 Å². The van der Waals surface area contributed by atoms with Gasteiger partial charge in [0.1, 0.15) is 0 Å². The molecule has 0 amide bonds. The lowest BCUT2D eigenvalue weighted by molar-refractivity contribution is 0.0462. The Hall–Kier alpha value is -0.880. The van der Waals surface area contributed by atoms with Gasteiger partial charge in [0, 0.05) is 19.4 Å². The van der Waals surface area contributed by atoms with Gasteiger partial charge in [0.05, 0.1) is 18.3 Å². The second-order valence-corrected chi connectivity index (χ2v) is 6.60. The average molecular weight is 281 g/mol. The Morgan fingerprint density at radius 2 is 2.16 bits per heavy atom. The van der Waals surface area contributed by atoms with Crippen molar-refractivity contribution in [2.45, 2.75) is 44.2 Å². The van der Waals surface area contributed by atoms with Gasteiger partial charge in [-0.1, -0.05) is 6.42 Å². The molecule has 0 radical (unpaired) electrons. The monoisotopic (exact) mass is 281 g/mol. The van der Waals surface area contributed by atoms with Crippen LogP contribution in [0, 0.1) is 11.8 Å². The van der Waals surface area contributed by atoms with Crippen LogP contribution in [0.2, 0.25) is 0 Å². The predicted molar refractivity (Wildman–Crippen MR) is 71.4 cm³/mol. The Morgan fingerprint density at radius 3 is 2.79 bits per heavy atom. The van der Waals surface area contributed by atoms with E-state index in [1.54, 1.807) is 0 Å². The number of fused-ring (bicyclic) bond motifs is 2. The first kappa shape index (κ1) is 11.9. The van der Waals surface area contributed by atoms with Crippen molar-refractivity contribution in [3.05, 3.63) is 0 Å².